The summed E-state index contributed by atoms with van der Waals surface area (Å²) in [6.07, 6.45) is 1.27. The minimum Gasteiger partial charge on any atom is -0.399 e. The Hall–Kier alpha value is -1.11. The van der Waals surface area contributed by atoms with Crippen LogP contribution in [0.3, 0.4) is 0 Å². The van der Waals surface area contributed by atoms with Crippen molar-refractivity contribution in [3.05, 3.63) is 29.3 Å². The fourth-order valence-corrected chi connectivity index (χ4v) is 3.14. The van der Waals surface area contributed by atoms with Crippen molar-refractivity contribution in [1.29, 1.82) is 0 Å². The summed E-state index contributed by atoms with van der Waals surface area (Å²) in [5.74, 6) is 0. The van der Waals surface area contributed by atoms with Crippen molar-refractivity contribution in [3.8, 4) is 0 Å². The van der Waals surface area contributed by atoms with Crippen molar-refractivity contribution in [3.63, 3.8) is 0 Å². The van der Waals surface area contributed by atoms with Gasteiger partial charge < -0.3 is 5.73 Å². The minimum atomic E-state index is -3.04. The highest BCUT2D eigenvalue weighted by Gasteiger charge is 2.23. The molecule has 1 aliphatic heterocycles. The second-order valence-electron chi connectivity index (χ2n) is 5.13. The van der Waals surface area contributed by atoms with Gasteiger partial charge in [-0.25, -0.2) is 8.42 Å². The smallest absolute Gasteiger partial charge is 0.211 e. The molecule has 2 N–H and O–H groups in total. The van der Waals surface area contributed by atoms with E-state index in [-0.39, 0.29) is 0 Å². The lowest BCUT2D eigenvalue weighted by atomic mass is 10.1. The third-order valence-corrected chi connectivity index (χ3v) is 4.84. The molecule has 1 saturated heterocycles. The number of hydrogen-bond acceptors (Lipinski definition) is 4. The maximum Gasteiger partial charge on any atom is 0.211 e. The average Bonchev–Trinajstić information content (AvgIpc) is 2.33. The van der Waals surface area contributed by atoms with Crippen LogP contribution < -0.4 is 5.73 Å². The predicted molar refractivity (Wildman–Crippen MR) is 77.3 cm³/mol. The van der Waals surface area contributed by atoms with Crippen molar-refractivity contribution in [2.45, 2.75) is 13.5 Å². The summed E-state index contributed by atoms with van der Waals surface area (Å²) in [4.78, 5) is 2.27. The van der Waals surface area contributed by atoms with E-state index in [1.807, 2.05) is 19.1 Å². The summed E-state index contributed by atoms with van der Waals surface area (Å²) in [5, 5.41) is 0. The van der Waals surface area contributed by atoms with Crippen LogP contribution in [0.5, 0.6) is 0 Å². The minimum absolute atomic E-state index is 0.576. The van der Waals surface area contributed by atoms with Crippen molar-refractivity contribution in [1.82, 2.24) is 9.21 Å². The molecule has 0 unspecified atom stereocenters. The van der Waals surface area contributed by atoms with E-state index in [4.69, 9.17) is 5.73 Å². The van der Waals surface area contributed by atoms with E-state index < -0.39 is 10.0 Å². The normalized spacial score (nSPS) is 18.6. The monoisotopic (exact) mass is 283 g/mol. The van der Waals surface area contributed by atoms with Crippen LogP contribution in [0.15, 0.2) is 18.2 Å². The molecule has 0 amide bonds. The largest absolute Gasteiger partial charge is 0.399 e. The van der Waals surface area contributed by atoms with Gasteiger partial charge in [0.05, 0.1) is 6.26 Å². The Balaban J connectivity index is 1.94. The second kappa shape index (κ2) is 5.48. The summed E-state index contributed by atoms with van der Waals surface area (Å²) in [6.45, 7) is 5.55. The number of benzene rings is 1. The molecule has 19 heavy (non-hydrogen) atoms. The first-order chi connectivity index (χ1) is 8.86. The Morgan fingerprint density at radius 3 is 2.37 bits per heavy atom. The number of nitrogens with zero attached hydrogens (tertiary/aromatic N) is 2. The number of nitrogen functional groups attached to an aromatic ring is 1. The molecule has 1 fully saturated rings. The van der Waals surface area contributed by atoms with Crippen LogP contribution in [-0.2, 0) is 16.6 Å². The number of hydrogen-bond donors (Lipinski definition) is 1. The highest BCUT2D eigenvalue weighted by molar-refractivity contribution is 7.88. The molecule has 0 spiro atoms. The third-order valence-electron chi connectivity index (χ3n) is 3.54. The highest BCUT2D eigenvalue weighted by Crippen LogP contribution is 2.15. The zero-order valence-electron chi connectivity index (χ0n) is 11.5. The maximum absolute atomic E-state index is 11.4. The molecule has 5 nitrogen and oxygen atoms in total. The topological polar surface area (TPSA) is 66.6 Å². The van der Waals surface area contributed by atoms with Crippen molar-refractivity contribution in [2.24, 2.45) is 0 Å². The van der Waals surface area contributed by atoms with Gasteiger partial charge in [-0.15, -0.1) is 0 Å². The van der Waals surface area contributed by atoms with Crippen molar-refractivity contribution in [2.75, 3.05) is 38.2 Å². The van der Waals surface area contributed by atoms with E-state index in [1.54, 1.807) is 0 Å². The van der Waals surface area contributed by atoms with Gasteiger partial charge in [-0.3, -0.25) is 4.90 Å². The molecular weight excluding hydrogens is 262 g/mol. The second-order valence-corrected chi connectivity index (χ2v) is 7.11. The van der Waals surface area contributed by atoms with E-state index in [0.717, 1.165) is 30.9 Å². The first kappa shape index (κ1) is 14.3. The van der Waals surface area contributed by atoms with Crippen LogP contribution in [-0.4, -0.2) is 50.1 Å². The Labute approximate surface area is 115 Å². The van der Waals surface area contributed by atoms with Crippen LogP contribution in [0, 0.1) is 6.92 Å². The number of anilines is 1. The first-order valence-corrected chi connectivity index (χ1v) is 8.23. The lowest BCUT2D eigenvalue weighted by molar-refractivity contribution is 0.182. The molecule has 0 aromatic heterocycles. The predicted octanol–water partition coefficient (Wildman–Crippen LogP) is 0.654. The van der Waals surface area contributed by atoms with Gasteiger partial charge in [-0.05, 0) is 24.1 Å². The molecule has 1 aliphatic rings. The molecule has 0 saturated carbocycles. The molecule has 1 aromatic rings. The lowest BCUT2D eigenvalue weighted by Crippen LogP contribution is -2.47. The summed E-state index contributed by atoms with van der Waals surface area (Å²) in [5.41, 5.74) is 8.92. The molecule has 1 aromatic carbocycles. The van der Waals surface area contributed by atoms with Gasteiger partial charge in [0.25, 0.3) is 0 Å². The Bertz CT molecular complexity index is 549. The number of rotatable bonds is 3. The molecule has 0 radical (unpaired) electrons. The summed E-state index contributed by atoms with van der Waals surface area (Å²) in [6, 6.07) is 6.06. The summed E-state index contributed by atoms with van der Waals surface area (Å²) < 4.78 is 24.4. The van der Waals surface area contributed by atoms with E-state index in [0.29, 0.717) is 13.1 Å². The third kappa shape index (κ3) is 3.68. The zero-order valence-corrected chi connectivity index (χ0v) is 12.3. The number of aryl methyl sites for hydroxylation is 1. The van der Waals surface area contributed by atoms with Crippen molar-refractivity contribution < 1.29 is 8.42 Å². The summed E-state index contributed by atoms with van der Waals surface area (Å²) in [7, 11) is -3.04. The fraction of sp³-hybridized carbons (Fsp3) is 0.538. The maximum atomic E-state index is 11.4. The average molecular weight is 283 g/mol. The fourth-order valence-electron chi connectivity index (χ4n) is 2.31. The highest BCUT2D eigenvalue weighted by atomic mass is 32.2. The first-order valence-electron chi connectivity index (χ1n) is 6.39. The molecule has 0 atom stereocenters. The van der Waals surface area contributed by atoms with Crippen LogP contribution in [0.4, 0.5) is 5.69 Å². The molecular formula is C13H21N3O2S. The molecule has 2 rings (SSSR count). The lowest BCUT2D eigenvalue weighted by Gasteiger charge is -2.33. The van der Waals surface area contributed by atoms with Gasteiger partial charge in [0.2, 0.25) is 10.0 Å². The molecule has 106 valence electrons. The van der Waals surface area contributed by atoms with Crippen LogP contribution in [0.25, 0.3) is 0 Å². The molecule has 6 heteroatoms. The van der Waals surface area contributed by atoms with Gasteiger partial charge in [0.1, 0.15) is 0 Å². The van der Waals surface area contributed by atoms with E-state index in [1.165, 1.54) is 16.1 Å². The van der Waals surface area contributed by atoms with Gasteiger partial charge >= 0.3 is 0 Å². The standard InChI is InChI=1S/C13H21N3O2S/c1-11-9-12(3-4-13(11)14)10-15-5-7-16(8-6-15)19(2,17)18/h3-4,9H,5-8,10,14H2,1-2H3. The van der Waals surface area contributed by atoms with Crippen LogP contribution in [0.1, 0.15) is 11.1 Å². The SMILES string of the molecule is Cc1cc(CN2CCN(S(C)(=O)=O)CC2)ccc1N. The Morgan fingerprint density at radius 2 is 1.84 bits per heavy atom. The van der Waals surface area contributed by atoms with Crippen LogP contribution in [0.2, 0.25) is 0 Å². The zero-order chi connectivity index (χ0) is 14.0. The molecule has 0 bridgehead atoms. The molecule has 0 aliphatic carbocycles. The van der Waals surface area contributed by atoms with Crippen molar-refractivity contribution >= 4 is 15.7 Å². The van der Waals surface area contributed by atoms with E-state index >= 15 is 0 Å². The Morgan fingerprint density at radius 1 is 1.21 bits per heavy atom. The van der Waals surface area contributed by atoms with Gasteiger partial charge in [0, 0.05) is 38.4 Å². The van der Waals surface area contributed by atoms with Gasteiger partial charge in [0.15, 0.2) is 0 Å². The van der Waals surface area contributed by atoms with E-state index in [2.05, 4.69) is 11.0 Å². The quantitative estimate of drug-likeness (QED) is 0.827. The molecule has 1 heterocycles. The number of nitrogens with two attached hydrogens (primary N) is 1. The van der Waals surface area contributed by atoms with Gasteiger partial charge in [-0.1, -0.05) is 12.1 Å². The summed E-state index contributed by atoms with van der Waals surface area (Å²) >= 11 is 0. The van der Waals surface area contributed by atoms with Crippen LogP contribution >= 0.6 is 0 Å². The van der Waals surface area contributed by atoms with E-state index in [9.17, 15) is 8.42 Å². The number of piperazine rings is 1. The number of sulfonamides is 1. The Kier molecular flexibility index (Phi) is 4.13. The van der Waals surface area contributed by atoms with Gasteiger partial charge in [-0.2, -0.15) is 4.31 Å².